The summed E-state index contributed by atoms with van der Waals surface area (Å²) >= 11 is 0. The van der Waals surface area contributed by atoms with Crippen molar-refractivity contribution in [3.8, 4) is 0 Å². The van der Waals surface area contributed by atoms with Crippen molar-refractivity contribution in [2.24, 2.45) is 5.41 Å². The zero-order valence-electron chi connectivity index (χ0n) is 12.0. The van der Waals surface area contributed by atoms with Gasteiger partial charge in [0.05, 0.1) is 0 Å². The predicted molar refractivity (Wildman–Crippen MR) is 74.3 cm³/mol. The standard InChI is InChI=1S/C15H30N2/c1-15(2,3)9-11-17-10-5-4-6-14(17)12-16-13-7-8-13/h13-14,16H,4-12H2,1-3H3. The van der Waals surface area contributed by atoms with E-state index < -0.39 is 0 Å². The maximum Gasteiger partial charge on any atom is 0.0220 e. The lowest BCUT2D eigenvalue weighted by Gasteiger charge is -2.37. The summed E-state index contributed by atoms with van der Waals surface area (Å²) in [5.41, 5.74) is 0.478. The Hall–Kier alpha value is -0.0800. The van der Waals surface area contributed by atoms with Crippen LogP contribution in [0.1, 0.15) is 59.3 Å². The zero-order valence-corrected chi connectivity index (χ0v) is 12.0. The third-order valence-corrected chi connectivity index (χ3v) is 4.12. The van der Waals surface area contributed by atoms with Gasteiger partial charge in [-0.1, -0.05) is 27.2 Å². The van der Waals surface area contributed by atoms with Gasteiger partial charge in [0.25, 0.3) is 0 Å². The molecule has 2 aliphatic rings. The molecule has 1 aliphatic carbocycles. The van der Waals surface area contributed by atoms with E-state index in [9.17, 15) is 0 Å². The first-order chi connectivity index (χ1) is 8.04. The minimum atomic E-state index is 0.478. The van der Waals surface area contributed by atoms with Crippen molar-refractivity contribution in [2.75, 3.05) is 19.6 Å². The van der Waals surface area contributed by atoms with E-state index in [0.29, 0.717) is 5.41 Å². The highest BCUT2D eigenvalue weighted by molar-refractivity contribution is 4.86. The second-order valence-corrected chi connectivity index (χ2v) is 7.18. The Morgan fingerprint density at radius 2 is 1.88 bits per heavy atom. The molecule has 1 atom stereocenters. The molecule has 0 aromatic carbocycles. The smallest absolute Gasteiger partial charge is 0.0220 e. The van der Waals surface area contributed by atoms with Gasteiger partial charge in [0.2, 0.25) is 0 Å². The Bertz CT molecular complexity index is 228. The van der Waals surface area contributed by atoms with Gasteiger partial charge in [0, 0.05) is 18.6 Å². The lowest BCUT2D eigenvalue weighted by atomic mass is 9.91. The van der Waals surface area contributed by atoms with Crippen LogP contribution >= 0.6 is 0 Å². The highest BCUT2D eigenvalue weighted by Crippen LogP contribution is 2.24. The molecular formula is C15H30N2. The first-order valence-corrected chi connectivity index (χ1v) is 7.52. The number of nitrogens with zero attached hydrogens (tertiary/aromatic N) is 1. The summed E-state index contributed by atoms with van der Waals surface area (Å²) in [7, 11) is 0. The predicted octanol–water partition coefficient (Wildman–Crippen LogP) is 3.03. The Balaban J connectivity index is 1.74. The molecule has 1 N–H and O–H groups in total. The summed E-state index contributed by atoms with van der Waals surface area (Å²) in [6.07, 6.45) is 8.40. The fraction of sp³-hybridized carbons (Fsp3) is 1.00. The summed E-state index contributed by atoms with van der Waals surface area (Å²) in [6, 6.07) is 1.67. The van der Waals surface area contributed by atoms with Crippen LogP contribution < -0.4 is 5.32 Å². The second kappa shape index (κ2) is 5.71. The summed E-state index contributed by atoms with van der Waals surface area (Å²) < 4.78 is 0. The van der Waals surface area contributed by atoms with Crippen molar-refractivity contribution in [3.05, 3.63) is 0 Å². The lowest BCUT2D eigenvalue weighted by Crippen LogP contribution is -2.46. The van der Waals surface area contributed by atoms with Gasteiger partial charge in [-0.3, -0.25) is 4.90 Å². The summed E-state index contributed by atoms with van der Waals surface area (Å²) in [6.45, 7) is 10.9. The molecule has 100 valence electrons. The van der Waals surface area contributed by atoms with Crippen LogP contribution in [0.2, 0.25) is 0 Å². The minimum absolute atomic E-state index is 0.478. The lowest BCUT2D eigenvalue weighted by molar-refractivity contribution is 0.127. The molecule has 0 spiro atoms. The first-order valence-electron chi connectivity index (χ1n) is 7.52. The molecule has 1 unspecified atom stereocenters. The van der Waals surface area contributed by atoms with Gasteiger partial charge in [0.15, 0.2) is 0 Å². The van der Waals surface area contributed by atoms with Crippen LogP contribution in [-0.4, -0.2) is 36.6 Å². The molecule has 0 aromatic rings. The average molecular weight is 238 g/mol. The molecule has 2 heteroatoms. The third-order valence-electron chi connectivity index (χ3n) is 4.12. The second-order valence-electron chi connectivity index (χ2n) is 7.18. The maximum absolute atomic E-state index is 3.71. The monoisotopic (exact) mass is 238 g/mol. The SMILES string of the molecule is CC(C)(C)CCN1CCCCC1CNC1CC1. The highest BCUT2D eigenvalue weighted by atomic mass is 15.2. The molecule has 2 fully saturated rings. The van der Waals surface area contributed by atoms with Gasteiger partial charge in [-0.15, -0.1) is 0 Å². The van der Waals surface area contributed by atoms with Gasteiger partial charge in [-0.05, 0) is 50.6 Å². The number of likely N-dealkylation sites (tertiary alicyclic amines) is 1. The highest BCUT2D eigenvalue weighted by Gasteiger charge is 2.26. The molecule has 17 heavy (non-hydrogen) atoms. The van der Waals surface area contributed by atoms with Crippen LogP contribution in [0.15, 0.2) is 0 Å². The Morgan fingerprint density at radius 3 is 2.53 bits per heavy atom. The van der Waals surface area contributed by atoms with Gasteiger partial charge in [0.1, 0.15) is 0 Å². The number of piperidine rings is 1. The molecular weight excluding hydrogens is 208 g/mol. The van der Waals surface area contributed by atoms with Crippen molar-refractivity contribution in [1.29, 1.82) is 0 Å². The molecule has 2 nitrogen and oxygen atoms in total. The van der Waals surface area contributed by atoms with Crippen molar-refractivity contribution in [3.63, 3.8) is 0 Å². The van der Waals surface area contributed by atoms with Gasteiger partial charge in [-0.25, -0.2) is 0 Å². The Kier molecular flexibility index (Phi) is 4.48. The van der Waals surface area contributed by atoms with Crippen molar-refractivity contribution in [1.82, 2.24) is 10.2 Å². The van der Waals surface area contributed by atoms with Crippen LogP contribution in [0.3, 0.4) is 0 Å². The van der Waals surface area contributed by atoms with Crippen molar-refractivity contribution >= 4 is 0 Å². The van der Waals surface area contributed by atoms with E-state index in [0.717, 1.165) is 12.1 Å². The van der Waals surface area contributed by atoms with Crippen molar-refractivity contribution < 1.29 is 0 Å². The minimum Gasteiger partial charge on any atom is -0.312 e. The topological polar surface area (TPSA) is 15.3 Å². The normalized spacial score (nSPS) is 27.4. The zero-order chi connectivity index (χ0) is 12.3. The molecule has 1 saturated heterocycles. The number of hydrogen-bond donors (Lipinski definition) is 1. The number of nitrogens with one attached hydrogen (secondary N) is 1. The van der Waals surface area contributed by atoms with Crippen LogP contribution in [0.5, 0.6) is 0 Å². The molecule has 0 radical (unpaired) electrons. The van der Waals surface area contributed by atoms with E-state index >= 15 is 0 Å². The van der Waals surface area contributed by atoms with E-state index in [1.165, 1.54) is 58.2 Å². The van der Waals surface area contributed by atoms with Crippen LogP contribution in [-0.2, 0) is 0 Å². The molecule has 1 aliphatic heterocycles. The van der Waals surface area contributed by atoms with Crippen LogP contribution in [0.25, 0.3) is 0 Å². The molecule has 0 bridgehead atoms. The number of rotatable bonds is 5. The molecule has 0 amide bonds. The average Bonchev–Trinajstić information content (AvgIpc) is 3.07. The van der Waals surface area contributed by atoms with Crippen LogP contribution in [0, 0.1) is 5.41 Å². The van der Waals surface area contributed by atoms with E-state index in [-0.39, 0.29) is 0 Å². The summed E-state index contributed by atoms with van der Waals surface area (Å²) in [5, 5.41) is 3.71. The van der Waals surface area contributed by atoms with Crippen molar-refractivity contribution in [2.45, 2.75) is 71.4 Å². The molecule has 1 heterocycles. The van der Waals surface area contributed by atoms with Crippen LogP contribution in [0.4, 0.5) is 0 Å². The number of hydrogen-bond acceptors (Lipinski definition) is 2. The fourth-order valence-corrected chi connectivity index (χ4v) is 2.65. The Morgan fingerprint density at radius 1 is 1.12 bits per heavy atom. The van der Waals surface area contributed by atoms with E-state index in [1.807, 2.05) is 0 Å². The van der Waals surface area contributed by atoms with E-state index in [2.05, 4.69) is 31.0 Å². The third kappa shape index (κ3) is 4.97. The Labute approximate surface area is 107 Å². The summed E-state index contributed by atoms with van der Waals surface area (Å²) in [4.78, 5) is 2.74. The largest absolute Gasteiger partial charge is 0.312 e. The van der Waals surface area contributed by atoms with E-state index in [1.54, 1.807) is 0 Å². The van der Waals surface area contributed by atoms with Gasteiger partial charge < -0.3 is 5.32 Å². The van der Waals surface area contributed by atoms with Gasteiger partial charge >= 0.3 is 0 Å². The molecule has 2 rings (SSSR count). The fourth-order valence-electron chi connectivity index (χ4n) is 2.65. The van der Waals surface area contributed by atoms with Gasteiger partial charge in [-0.2, -0.15) is 0 Å². The first kappa shape index (κ1) is 13.4. The molecule has 0 aromatic heterocycles. The van der Waals surface area contributed by atoms with E-state index in [4.69, 9.17) is 0 Å². The molecule has 1 saturated carbocycles. The summed E-state index contributed by atoms with van der Waals surface area (Å²) in [5.74, 6) is 0. The maximum atomic E-state index is 3.71. The quantitative estimate of drug-likeness (QED) is 0.792.